The third-order valence-corrected chi connectivity index (χ3v) is 3.26. The van der Waals surface area contributed by atoms with E-state index in [2.05, 4.69) is 5.32 Å². The molecule has 0 unspecified atom stereocenters. The van der Waals surface area contributed by atoms with Crippen molar-refractivity contribution < 1.29 is 4.79 Å². The summed E-state index contributed by atoms with van der Waals surface area (Å²) in [7, 11) is 0. The summed E-state index contributed by atoms with van der Waals surface area (Å²) in [5, 5.41) is 2.82. The Balaban J connectivity index is 2.36. The van der Waals surface area contributed by atoms with Gasteiger partial charge in [-0.1, -0.05) is 11.6 Å². The molecular weight excluding hydrogens is 194 g/mol. The van der Waals surface area contributed by atoms with Gasteiger partial charge in [0.2, 0.25) is 5.91 Å². The number of fused-ring (bicyclic) bond motifs is 1. The van der Waals surface area contributed by atoms with E-state index in [4.69, 9.17) is 11.6 Å². The van der Waals surface area contributed by atoms with Crippen molar-refractivity contribution in [2.45, 2.75) is 12.8 Å². The molecule has 0 saturated heterocycles. The third kappa shape index (κ3) is 1.47. The van der Waals surface area contributed by atoms with Crippen LogP contribution < -0.4 is 5.32 Å². The lowest BCUT2D eigenvalue weighted by molar-refractivity contribution is -0.120. The van der Waals surface area contributed by atoms with Crippen LogP contribution in [0.2, 0.25) is 4.34 Å². The first-order valence-corrected chi connectivity index (χ1v) is 4.99. The van der Waals surface area contributed by atoms with Crippen molar-refractivity contribution in [1.82, 2.24) is 5.32 Å². The molecule has 0 fully saturated rings. The Morgan fingerprint density at radius 3 is 3.25 bits per heavy atom. The Hall–Kier alpha value is -0.540. The average molecular weight is 202 g/mol. The Morgan fingerprint density at radius 2 is 2.42 bits per heavy atom. The van der Waals surface area contributed by atoms with E-state index >= 15 is 0 Å². The molecule has 1 aliphatic heterocycles. The standard InChI is InChI=1S/C8H8ClNOS/c9-7-3-5-4-8(11)10-2-1-6(5)12-7/h3H,1-2,4H2,(H,10,11). The van der Waals surface area contributed by atoms with Crippen LogP contribution in [0.1, 0.15) is 10.4 Å². The molecule has 1 amide bonds. The van der Waals surface area contributed by atoms with Crippen molar-refractivity contribution in [3.8, 4) is 0 Å². The minimum absolute atomic E-state index is 0.100. The maximum absolute atomic E-state index is 11.1. The quantitative estimate of drug-likeness (QED) is 0.679. The van der Waals surface area contributed by atoms with Crippen molar-refractivity contribution in [3.05, 3.63) is 20.8 Å². The number of carbonyl (C=O) groups is 1. The van der Waals surface area contributed by atoms with Gasteiger partial charge in [-0.15, -0.1) is 11.3 Å². The van der Waals surface area contributed by atoms with Gasteiger partial charge in [-0.05, 0) is 18.1 Å². The van der Waals surface area contributed by atoms with Gasteiger partial charge < -0.3 is 5.32 Å². The van der Waals surface area contributed by atoms with Crippen LogP contribution in [0.25, 0.3) is 0 Å². The van der Waals surface area contributed by atoms with Gasteiger partial charge >= 0.3 is 0 Å². The largest absolute Gasteiger partial charge is 0.355 e. The van der Waals surface area contributed by atoms with Crippen molar-refractivity contribution in [2.24, 2.45) is 0 Å². The lowest BCUT2D eigenvalue weighted by Gasteiger charge is -1.95. The van der Waals surface area contributed by atoms with E-state index in [1.165, 1.54) is 4.88 Å². The maximum Gasteiger partial charge on any atom is 0.224 e. The third-order valence-electron chi connectivity index (χ3n) is 1.89. The normalized spacial score (nSPS) is 16.6. The first kappa shape index (κ1) is 8.08. The van der Waals surface area contributed by atoms with Gasteiger partial charge in [-0.25, -0.2) is 0 Å². The van der Waals surface area contributed by atoms with Crippen LogP contribution in [0.3, 0.4) is 0 Å². The van der Waals surface area contributed by atoms with Crippen LogP contribution >= 0.6 is 22.9 Å². The van der Waals surface area contributed by atoms with Crippen LogP contribution in [-0.4, -0.2) is 12.5 Å². The predicted octanol–water partition coefficient (Wildman–Crippen LogP) is 1.62. The van der Waals surface area contributed by atoms with Crippen LogP contribution in [0.4, 0.5) is 0 Å². The van der Waals surface area contributed by atoms with E-state index in [-0.39, 0.29) is 5.91 Å². The molecule has 2 rings (SSSR count). The fraction of sp³-hybridized carbons (Fsp3) is 0.375. The molecule has 0 aliphatic carbocycles. The Bertz CT molecular complexity index is 321. The summed E-state index contributed by atoms with van der Waals surface area (Å²) in [5.74, 6) is 0.100. The molecule has 0 radical (unpaired) electrons. The Kier molecular flexibility index (Phi) is 2.07. The number of nitrogens with one attached hydrogen (secondary N) is 1. The van der Waals surface area contributed by atoms with Crippen LogP contribution in [-0.2, 0) is 17.6 Å². The number of rotatable bonds is 0. The SMILES string of the molecule is O=C1Cc2cc(Cl)sc2CCN1. The van der Waals surface area contributed by atoms with E-state index in [1.54, 1.807) is 11.3 Å². The molecule has 0 bridgehead atoms. The zero-order valence-electron chi connectivity index (χ0n) is 6.39. The molecule has 64 valence electrons. The smallest absolute Gasteiger partial charge is 0.224 e. The van der Waals surface area contributed by atoms with E-state index in [0.29, 0.717) is 6.42 Å². The van der Waals surface area contributed by atoms with Gasteiger partial charge in [0.15, 0.2) is 0 Å². The van der Waals surface area contributed by atoms with Gasteiger partial charge in [0.1, 0.15) is 0 Å². The summed E-state index contributed by atoms with van der Waals surface area (Å²) >= 11 is 7.42. The predicted molar refractivity (Wildman–Crippen MR) is 49.7 cm³/mol. The van der Waals surface area contributed by atoms with Gasteiger partial charge in [-0.2, -0.15) is 0 Å². The van der Waals surface area contributed by atoms with Gasteiger partial charge in [0.05, 0.1) is 10.8 Å². The van der Waals surface area contributed by atoms with E-state index in [1.807, 2.05) is 6.07 Å². The molecule has 0 atom stereocenters. The summed E-state index contributed by atoms with van der Waals surface area (Å²) < 4.78 is 0.787. The Morgan fingerprint density at radius 1 is 1.58 bits per heavy atom. The first-order chi connectivity index (χ1) is 5.75. The van der Waals surface area contributed by atoms with Gasteiger partial charge in [0, 0.05) is 11.4 Å². The second kappa shape index (κ2) is 3.07. The van der Waals surface area contributed by atoms with Crippen molar-refractivity contribution in [3.63, 3.8) is 0 Å². The Labute approximate surface area is 79.5 Å². The molecule has 1 aromatic rings. The molecule has 1 aliphatic rings. The molecule has 1 N–H and O–H groups in total. The van der Waals surface area contributed by atoms with E-state index < -0.39 is 0 Å². The minimum atomic E-state index is 0.100. The highest BCUT2D eigenvalue weighted by molar-refractivity contribution is 7.16. The van der Waals surface area contributed by atoms with E-state index in [9.17, 15) is 4.79 Å². The van der Waals surface area contributed by atoms with Crippen LogP contribution in [0.15, 0.2) is 6.07 Å². The van der Waals surface area contributed by atoms with Crippen LogP contribution in [0.5, 0.6) is 0 Å². The summed E-state index contributed by atoms with van der Waals surface area (Å²) in [5.41, 5.74) is 1.10. The van der Waals surface area contributed by atoms with Crippen molar-refractivity contribution in [1.29, 1.82) is 0 Å². The number of carbonyl (C=O) groups excluding carboxylic acids is 1. The number of hydrogen-bond donors (Lipinski definition) is 1. The second-order valence-electron chi connectivity index (χ2n) is 2.78. The fourth-order valence-corrected chi connectivity index (χ4v) is 2.66. The number of thiophene rings is 1. The summed E-state index contributed by atoms with van der Waals surface area (Å²) in [6.07, 6.45) is 1.40. The topological polar surface area (TPSA) is 29.1 Å². The molecule has 2 heterocycles. The number of amides is 1. The molecule has 0 aromatic carbocycles. The monoisotopic (exact) mass is 201 g/mol. The highest BCUT2D eigenvalue weighted by Gasteiger charge is 2.15. The number of hydrogen-bond acceptors (Lipinski definition) is 2. The first-order valence-electron chi connectivity index (χ1n) is 3.79. The molecule has 1 aromatic heterocycles. The zero-order valence-corrected chi connectivity index (χ0v) is 7.97. The molecule has 0 spiro atoms. The van der Waals surface area contributed by atoms with Crippen LogP contribution in [0, 0.1) is 0 Å². The lowest BCUT2D eigenvalue weighted by Crippen LogP contribution is -2.24. The minimum Gasteiger partial charge on any atom is -0.355 e. The summed E-state index contributed by atoms with van der Waals surface area (Å²) in [4.78, 5) is 12.4. The molecule has 0 saturated carbocycles. The highest BCUT2D eigenvalue weighted by atomic mass is 35.5. The molecule has 2 nitrogen and oxygen atoms in total. The molecule has 12 heavy (non-hydrogen) atoms. The molecule has 4 heteroatoms. The summed E-state index contributed by atoms with van der Waals surface area (Å²) in [6, 6.07) is 1.90. The molecular formula is C8H8ClNOS. The van der Waals surface area contributed by atoms with Gasteiger partial charge in [-0.3, -0.25) is 4.79 Å². The average Bonchev–Trinajstić information content (AvgIpc) is 2.23. The zero-order chi connectivity index (χ0) is 8.55. The summed E-state index contributed by atoms with van der Waals surface area (Å²) in [6.45, 7) is 0.739. The number of halogens is 1. The van der Waals surface area contributed by atoms with Gasteiger partial charge in [0.25, 0.3) is 0 Å². The fourth-order valence-electron chi connectivity index (χ4n) is 1.34. The highest BCUT2D eigenvalue weighted by Crippen LogP contribution is 2.28. The van der Waals surface area contributed by atoms with Crippen molar-refractivity contribution in [2.75, 3.05) is 6.54 Å². The van der Waals surface area contributed by atoms with E-state index in [0.717, 1.165) is 22.9 Å². The lowest BCUT2D eigenvalue weighted by atomic mass is 10.2. The second-order valence-corrected chi connectivity index (χ2v) is 4.54. The van der Waals surface area contributed by atoms with Crippen molar-refractivity contribution >= 4 is 28.8 Å². The maximum atomic E-state index is 11.1.